The minimum atomic E-state index is -0.524. The van der Waals surface area contributed by atoms with Crippen LogP contribution in [0.3, 0.4) is 0 Å². The molecule has 1 aliphatic rings. The molecule has 1 aromatic rings. The molecule has 0 aromatic heterocycles. The van der Waals surface area contributed by atoms with Gasteiger partial charge in [-0.1, -0.05) is 0 Å². The molecule has 1 heterocycles. The van der Waals surface area contributed by atoms with Crippen molar-refractivity contribution >= 4 is 17.5 Å². The maximum Gasteiger partial charge on any atom is 0.269 e. The molecule has 2 rings (SSSR count). The van der Waals surface area contributed by atoms with Crippen molar-refractivity contribution < 1.29 is 19.2 Å². The summed E-state index contributed by atoms with van der Waals surface area (Å²) in [6, 6.07) is 5.32. The van der Waals surface area contributed by atoms with E-state index in [1.807, 2.05) is 6.92 Å². The Kier molecular flexibility index (Phi) is 5.64. The fourth-order valence-electron chi connectivity index (χ4n) is 2.32. The van der Waals surface area contributed by atoms with E-state index in [1.165, 1.54) is 24.3 Å². The van der Waals surface area contributed by atoms with Gasteiger partial charge in [0, 0.05) is 43.8 Å². The van der Waals surface area contributed by atoms with Gasteiger partial charge < -0.3 is 15.0 Å². The SMILES string of the molecule is C[C@@H]1CN(C(=O)CCNC(=O)c2ccc([N+](=O)[O-])cc2)CCO1. The molecule has 0 saturated carbocycles. The van der Waals surface area contributed by atoms with E-state index in [9.17, 15) is 19.7 Å². The number of carbonyl (C=O) groups is 2. The molecule has 0 unspecified atom stereocenters. The Morgan fingerprint density at radius 1 is 1.39 bits per heavy atom. The van der Waals surface area contributed by atoms with Crippen LogP contribution in [0, 0.1) is 10.1 Å². The van der Waals surface area contributed by atoms with Crippen LogP contribution in [0.4, 0.5) is 5.69 Å². The van der Waals surface area contributed by atoms with Crippen molar-refractivity contribution in [2.75, 3.05) is 26.2 Å². The Morgan fingerprint density at radius 3 is 2.70 bits per heavy atom. The van der Waals surface area contributed by atoms with E-state index < -0.39 is 4.92 Å². The number of hydrogen-bond donors (Lipinski definition) is 1. The van der Waals surface area contributed by atoms with Gasteiger partial charge in [0.25, 0.3) is 11.6 Å². The molecule has 2 amide bonds. The lowest BCUT2D eigenvalue weighted by Gasteiger charge is -2.31. The fraction of sp³-hybridized carbons (Fsp3) is 0.467. The molecule has 23 heavy (non-hydrogen) atoms. The molecule has 8 nitrogen and oxygen atoms in total. The highest BCUT2D eigenvalue weighted by molar-refractivity contribution is 5.94. The standard InChI is InChI=1S/C15H19N3O5/c1-11-10-17(8-9-23-11)14(19)6-7-16-15(20)12-2-4-13(5-3-12)18(21)22/h2-5,11H,6-10H2,1H3,(H,16,20)/t11-/m1/s1. The van der Waals surface area contributed by atoms with Crippen LogP contribution >= 0.6 is 0 Å². The third kappa shape index (κ3) is 4.75. The van der Waals surface area contributed by atoms with Crippen LogP contribution in [0.1, 0.15) is 23.7 Å². The monoisotopic (exact) mass is 321 g/mol. The van der Waals surface area contributed by atoms with Gasteiger partial charge in [-0.05, 0) is 19.1 Å². The van der Waals surface area contributed by atoms with Crippen molar-refractivity contribution in [2.24, 2.45) is 0 Å². The zero-order chi connectivity index (χ0) is 16.8. The zero-order valence-corrected chi connectivity index (χ0v) is 12.9. The van der Waals surface area contributed by atoms with Crippen molar-refractivity contribution in [3.63, 3.8) is 0 Å². The highest BCUT2D eigenvalue weighted by Crippen LogP contribution is 2.11. The number of rotatable bonds is 5. The molecule has 1 fully saturated rings. The first-order valence-electron chi connectivity index (χ1n) is 7.39. The number of nitro benzene ring substituents is 1. The van der Waals surface area contributed by atoms with Crippen LogP contribution in [0.15, 0.2) is 24.3 Å². The molecular weight excluding hydrogens is 302 g/mol. The van der Waals surface area contributed by atoms with E-state index in [1.54, 1.807) is 4.90 Å². The van der Waals surface area contributed by atoms with Crippen molar-refractivity contribution in [1.29, 1.82) is 0 Å². The van der Waals surface area contributed by atoms with E-state index in [4.69, 9.17) is 4.74 Å². The highest BCUT2D eigenvalue weighted by atomic mass is 16.6. The Bertz CT molecular complexity index is 587. The summed E-state index contributed by atoms with van der Waals surface area (Å²) in [4.78, 5) is 35.7. The Balaban J connectivity index is 1.78. The molecule has 124 valence electrons. The van der Waals surface area contributed by atoms with Gasteiger partial charge in [0.15, 0.2) is 0 Å². The molecule has 1 aliphatic heterocycles. The van der Waals surface area contributed by atoms with E-state index in [0.29, 0.717) is 25.3 Å². The number of carbonyl (C=O) groups excluding carboxylic acids is 2. The molecule has 8 heteroatoms. The van der Waals surface area contributed by atoms with Gasteiger partial charge in [-0.15, -0.1) is 0 Å². The molecule has 0 bridgehead atoms. The smallest absolute Gasteiger partial charge is 0.269 e. The number of hydrogen-bond acceptors (Lipinski definition) is 5. The zero-order valence-electron chi connectivity index (χ0n) is 12.9. The van der Waals surface area contributed by atoms with Gasteiger partial charge in [0.05, 0.1) is 17.6 Å². The van der Waals surface area contributed by atoms with E-state index in [-0.39, 0.29) is 36.6 Å². The average Bonchev–Trinajstić information content (AvgIpc) is 2.54. The van der Waals surface area contributed by atoms with E-state index in [0.717, 1.165) is 0 Å². The maximum absolute atomic E-state index is 12.0. The molecule has 1 atom stereocenters. The summed E-state index contributed by atoms with van der Waals surface area (Å²) in [5, 5.41) is 13.2. The number of benzene rings is 1. The number of ether oxygens (including phenoxy) is 1. The summed E-state index contributed by atoms with van der Waals surface area (Å²) in [7, 11) is 0. The maximum atomic E-state index is 12.0. The van der Waals surface area contributed by atoms with Crippen LogP contribution < -0.4 is 5.32 Å². The van der Waals surface area contributed by atoms with Crippen molar-refractivity contribution in [2.45, 2.75) is 19.4 Å². The number of nitrogens with one attached hydrogen (secondary N) is 1. The van der Waals surface area contributed by atoms with Crippen LogP contribution in [0.5, 0.6) is 0 Å². The first-order chi connectivity index (χ1) is 11.0. The van der Waals surface area contributed by atoms with Gasteiger partial charge in [-0.3, -0.25) is 19.7 Å². The second-order valence-electron chi connectivity index (χ2n) is 5.33. The van der Waals surface area contributed by atoms with Gasteiger partial charge in [0.1, 0.15) is 0 Å². The molecule has 1 N–H and O–H groups in total. The van der Waals surface area contributed by atoms with Gasteiger partial charge in [-0.25, -0.2) is 0 Å². The topological polar surface area (TPSA) is 102 Å². The minimum Gasteiger partial charge on any atom is -0.375 e. The lowest BCUT2D eigenvalue weighted by molar-refractivity contribution is -0.384. The molecular formula is C15H19N3O5. The predicted molar refractivity (Wildman–Crippen MR) is 82.0 cm³/mol. The lowest BCUT2D eigenvalue weighted by atomic mass is 10.2. The number of morpholine rings is 1. The summed E-state index contributed by atoms with van der Waals surface area (Å²) >= 11 is 0. The Labute approximate surface area is 133 Å². The fourth-order valence-corrected chi connectivity index (χ4v) is 2.32. The van der Waals surface area contributed by atoms with Gasteiger partial charge in [-0.2, -0.15) is 0 Å². The molecule has 0 aliphatic carbocycles. The number of nitrogens with zero attached hydrogens (tertiary/aromatic N) is 2. The van der Waals surface area contributed by atoms with Gasteiger partial charge >= 0.3 is 0 Å². The van der Waals surface area contributed by atoms with Crippen LogP contribution in [0.25, 0.3) is 0 Å². The largest absolute Gasteiger partial charge is 0.375 e. The van der Waals surface area contributed by atoms with Crippen LogP contribution in [-0.4, -0.2) is 54.0 Å². The third-order valence-electron chi connectivity index (χ3n) is 3.56. The first-order valence-corrected chi connectivity index (χ1v) is 7.39. The molecule has 1 saturated heterocycles. The Morgan fingerprint density at radius 2 is 2.09 bits per heavy atom. The lowest BCUT2D eigenvalue weighted by Crippen LogP contribution is -2.45. The molecule has 1 aromatic carbocycles. The van der Waals surface area contributed by atoms with E-state index >= 15 is 0 Å². The second kappa shape index (κ2) is 7.68. The average molecular weight is 321 g/mol. The normalized spacial score (nSPS) is 17.6. The highest BCUT2D eigenvalue weighted by Gasteiger charge is 2.21. The van der Waals surface area contributed by atoms with Crippen molar-refractivity contribution in [3.8, 4) is 0 Å². The third-order valence-corrected chi connectivity index (χ3v) is 3.56. The van der Waals surface area contributed by atoms with Crippen LogP contribution in [0.2, 0.25) is 0 Å². The summed E-state index contributed by atoms with van der Waals surface area (Å²) in [5.74, 6) is -0.382. The summed E-state index contributed by atoms with van der Waals surface area (Å²) in [6.07, 6.45) is 0.244. The second-order valence-corrected chi connectivity index (χ2v) is 5.33. The molecule has 0 radical (unpaired) electrons. The van der Waals surface area contributed by atoms with Gasteiger partial charge in [0.2, 0.25) is 5.91 Å². The molecule has 0 spiro atoms. The number of amides is 2. The van der Waals surface area contributed by atoms with Crippen molar-refractivity contribution in [3.05, 3.63) is 39.9 Å². The summed E-state index contributed by atoms with van der Waals surface area (Å²) in [5.41, 5.74) is 0.251. The quantitative estimate of drug-likeness (QED) is 0.643. The van der Waals surface area contributed by atoms with Crippen molar-refractivity contribution in [1.82, 2.24) is 10.2 Å². The number of nitro groups is 1. The predicted octanol–water partition coefficient (Wildman–Crippen LogP) is 0.962. The minimum absolute atomic E-state index is 0.0239. The number of non-ortho nitro benzene ring substituents is 1. The first kappa shape index (κ1) is 16.9. The van der Waals surface area contributed by atoms with Crippen LogP contribution in [-0.2, 0) is 9.53 Å². The summed E-state index contributed by atoms with van der Waals surface area (Å²) in [6.45, 7) is 3.80. The Hall–Kier alpha value is -2.48. The van der Waals surface area contributed by atoms with E-state index in [2.05, 4.69) is 5.32 Å². The summed E-state index contributed by atoms with van der Waals surface area (Å²) < 4.78 is 5.37.